The van der Waals surface area contributed by atoms with E-state index in [0.717, 1.165) is 10.5 Å². The number of halogens is 1. The predicted molar refractivity (Wildman–Crippen MR) is 123 cm³/mol. The van der Waals surface area contributed by atoms with Crippen LogP contribution in [0.4, 0.5) is 5.69 Å². The van der Waals surface area contributed by atoms with E-state index in [2.05, 4.69) is 4.74 Å². The number of rotatable bonds is 7. The molecule has 3 aromatic rings. The third-order valence-electron chi connectivity index (χ3n) is 5.54. The van der Waals surface area contributed by atoms with E-state index in [1.165, 1.54) is 42.5 Å². The van der Waals surface area contributed by atoms with Crippen molar-refractivity contribution >= 4 is 41.0 Å². The summed E-state index contributed by atoms with van der Waals surface area (Å²) in [6, 6.07) is 15.2. The Kier molecular flexibility index (Phi) is 6.79. The smallest absolute Gasteiger partial charge is 0.337 e. The summed E-state index contributed by atoms with van der Waals surface area (Å²) in [7, 11) is 1.27. The van der Waals surface area contributed by atoms with Gasteiger partial charge in [-0.05, 0) is 54.1 Å². The number of methoxy groups -OCH3 is 1. The summed E-state index contributed by atoms with van der Waals surface area (Å²) in [4.78, 5) is 53.5. The second-order valence-electron chi connectivity index (χ2n) is 7.73. The molecule has 2 aromatic carbocycles. The van der Waals surface area contributed by atoms with Gasteiger partial charge in [0.25, 0.3) is 5.91 Å². The number of furan rings is 1. The number of benzene rings is 2. The lowest BCUT2D eigenvalue weighted by atomic mass is 10.1. The molecule has 1 aliphatic rings. The lowest BCUT2D eigenvalue weighted by Crippen LogP contribution is -2.45. The van der Waals surface area contributed by atoms with Crippen LogP contribution >= 0.6 is 11.6 Å². The Morgan fingerprint density at radius 3 is 2.41 bits per heavy atom. The van der Waals surface area contributed by atoms with E-state index in [-0.39, 0.29) is 25.3 Å². The number of ether oxygens (including phenoxy) is 1. The second-order valence-corrected chi connectivity index (χ2v) is 8.17. The maximum atomic E-state index is 13.3. The van der Waals surface area contributed by atoms with Crippen molar-refractivity contribution in [3.8, 4) is 0 Å². The van der Waals surface area contributed by atoms with Gasteiger partial charge in [-0.25, -0.2) is 9.69 Å². The van der Waals surface area contributed by atoms with Gasteiger partial charge in [-0.15, -0.1) is 0 Å². The average molecular weight is 481 g/mol. The molecule has 1 saturated heterocycles. The van der Waals surface area contributed by atoms with Crippen molar-refractivity contribution in [3.05, 3.63) is 88.8 Å². The van der Waals surface area contributed by atoms with E-state index in [0.29, 0.717) is 22.0 Å². The first-order valence-electron chi connectivity index (χ1n) is 10.5. The van der Waals surface area contributed by atoms with Gasteiger partial charge >= 0.3 is 5.97 Å². The molecular formula is C25H21ClN2O6. The van der Waals surface area contributed by atoms with Crippen molar-refractivity contribution in [2.75, 3.05) is 12.0 Å². The molecule has 1 fully saturated rings. The minimum absolute atomic E-state index is 0.0314. The standard InChI is InChI=1S/C25H21ClN2O6/c1-33-25(32)17-6-10-19(11-7-17)28-23(30)14-21(24(28)31)27(15-20-3-2-12-34-20)22(29)13-16-4-8-18(26)9-5-16/h2-12,21H,13-15H2,1H3. The Morgan fingerprint density at radius 1 is 1.09 bits per heavy atom. The minimum atomic E-state index is -0.988. The van der Waals surface area contributed by atoms with Gasteiger partial charge < -0.3 is 14.1 Å². The first-order valence-corrected chi connectivity index (χ1v) is 10.9. The van der Waals surface area contributed by atoms with E-state index < -0.39 is 23.8 Å². The molecule has 4 rings (SSSR count). The number of hydrogen-bond acceptors (Lipinski definition) is 6. The molecule has 0 radical (unpaired) electrons. The van der Waals surface area contributed by atoms with Gasteiger partial charge in [0.1, 0.15) is 11.8 Å². The van der Waals surface area contributed by atoms with Gasteiger partial charge in [-0.3, -0.25) is 14.4 Å². The molecular weight excluding hydrogens is 460 g/mol. The molecule has 8 nitrogen and oxygen atoms in total. The number of imide groups is 1. The normalized spacial score (nSPS) is 15.5. The summed E-state index contributed by atoms with van der Waals surface area (Å²) in [5.41, 5.74) is 1.33. The summed E-state index contributed by atoms with van der Waals surface area (Å²) in [6.07, 6.45) is 1.35. The first-order chi connectivity index (χ1) is 16.4. The van der Waals surface area contributed by atoms with Gasteiger partial charge in [-0.2, -0.15) is 0 Å². The molecule has 1 aliphatic heterocycles. The van der Waals surface area contributed by atoms with Gasteiger partial charge in [0.2, 0.25) is 11.8 Å². The molecule has 0 spiro atoms. The average Bonchev–Trinajstić information content (AvgIpc) is 3.45. The van der Waals surface area contributed by atoms with Crippen LogP contribution in [0.1, 0.15) is 28.1 Å². The maximum absolute atomic E-state index is 13.3. The van der Waals surface area contributed by atoms with Crippen molar-refractivity contribution in [2.45, 2.75) is 25.4 Å². The topological polar surface area (TPSA) is 97.1 Å². The molecule has 34 heavy (non-hydrogen) atoms. The molecule has 2 heterocycles. The van der Waals surface area contributed by atoms with Gasteiger partial charge in [-0.1, -0.05) is 23.7 Å². The number of anilines is 1. The zero-order valence-corrected chi connectivity index (χ0v) is 19.0. The first kappa shape index (κ1) is 23.3. The van der Waals surface area contributed by atoms with Crippen molar-refractivity contribution in [1.82, 2.24) is 4.90 Å². The van der Waals surface area contributed by atoms with E-state index in [4.69, 9.17) is 16.0 Å². The highest BCUT2D eigenvalue weighted by Crippen LogP contribution is 2.28. The molecule has 9 heteroatoms. The Labute approximate surface area is 200 Å². The quantitative estimate of drug-likeness (QED) is 0.378. The number of carbonyl (C=O) groups is 4. The van der Waals surface area contributed by atoms with E-state index in [1.54, 1.807) is 36.4 Å². The fourth-order valence-electron chi connectivity index (χ4n) is 3.82. The third kappa shape index (κ3) is 4.87. The monoisotopic (exact) mass is 480 g/mol. The van der Waals surface area contributed by atoms with Crippen LogP contribution in [0.15, 0.2) is 71.3 Å². The molecule has 1 atom stereocenters. The number of nitrogens with zero attached hydrogens (tertiary/aromatic N) is 2. The zero-order valence-electron chi connectivity index (χ0n) is 18.3. The van der Waals surface area contributed by atoms with Crippen LogP contribution in [-0.2, 0) is 32.1 Å². The number of esters is 1. The molecule has 0 aliphatic carbocycles. The minimum Gasteiger partial charge on any atom is -0.467 e. The maximum Gasteiger partial charge on any atom is 0.337 e. The Balaban J connectivity index is 1.59. The highest BCUT2D eigenvalue weighted by atomic mass is 35.5. The second kappa shape index (κ2) is 9.93. The van der Waals surface area contributed by atoms with Crippen molar-refractivity contribution in [2.24, 2.45) is 0 Å². The van der Waals surface area contributed by atoms with E-state index in [1.807, 2.05) is 0 Å². The molecule has 174 valence electrons. The highest BCUT2D eigenvalue weighted by molar-refractivity contribution is 6.30. The number of carbonyl (C=O) groups excluding carboxylic acids is 4. The fraction of sp³-hybridized carbons (Fsp3) is 0.200. The van der Waals surface area contributed by atoms with Crippen LogP contribution in [0.3, 0.4) is 0 Å². The molecule has 0 saturated carbocycles. The van der Waals surface area contributed by atoms with Crippen molar-refractivity contribution in [1.29, 1.82) is 0 Å². The summed E-state index contributed by atoms with van der Waals surface area (Å²) in [5, 5.41) is 0.550. The van der Waals surface area contributed by atoms with E-state index in [9.17, 15) is 19.2 Å². The van der Waals surface area contributed by atoms with Crippen LogP contribution in [-0.4, -0.2) is 41.7 Å². The van der Waals surface area contributed by atoms with Gasteiger partial charge in [0.05, 0.1) is 44.0 Å². The summed E-state index contributed by atoms with van der Waals surface area (Å²) < 4.78 is 10.1. The van der Waals surface area contributed by atoms with Crippen LogP contribution < -0.4 is 4.90 Å². The highest BCUT2D eigenvalue weighted by Gasteiger charge is 2.44. The molecule has 1 unspecified atom stereocenters. The van der Waals surface area contributed by atoms with Crippen molar-refractivity contribution < 1.29 is 28.3 Å². The summed E-state index contributed by atoms with van der Waals surface area (Å²) in [6.45, 7) is 0.0399. The van der Waals surface area contributed by atoms with Crippen LogP contribution in [0.25, 0.3) is 0 Å². The molecule has 1 aromatic heterocycles. The van der Waals surface area contributed by atoms with Crippen LogP contribution in [0.5, 0.6) is 0 Å². The van der Waals surface area contributed by atoms with E-state index >= 15 is 0 Å². The molecule has 0 N–H and O–H groups in total. The zero-order chi connectivity index (χ0) is 24.2. The largest absolute Gasteiger partial charge is 0.467 e. The predicted octanol–water partition coefficient (Wildman–Crippen LogP) is 3.62. The van der Waals surface area contributed by atoms with Crippen molar-refractivity contribution in [3.63, 3.8) is 0 Å². The van der Waals surface area contributed by atoms with Gasteiger partial charge in [0, 0.05) is 5.02 Å². The Hall–Kier alpha value is -3.91. The SMILES string of the molecule is COC(=O)c1ccc(N2C(=O)CC(N(Cc3ccco3)C(=O)Cc3ccc(Cl)cc3)C2=O)cc1. The summed E-state index contributed by atoms with van der Waals surface area (Å²) in [5.74, 6) is -1.32. The van der Waals surface area contributed by atoms with Crippen LogP contribution in [0.2, 0.25) is 5.02 Å². The number of amides is 3. The lowest BCUT2D eigenvalue weighted by molar-refractivity contribution is -0.138. The third-order valence-corrected chi connectivity index (χ3v) is 5.79. The Bertz CT molecular complexity index is 1210. The molecule has 3 amide bonds. The number of hydrogen-bond donors (Lipinski definition) is 0. The van der Waals surface area contributed by atoms with Gasteiger partial charge in [0.15, 0.2) is 0 Å². The van der Waals surface area contributed by atoms with Crippen LogP contribution in [0, 0.1) is 0 Å². The molecule has 0 bridgehead atoms. The Morgan fingerprint density at radius 2 is 1.79 bits per heavy atom. The lowest BCUT2D eigenvalue weighted by Gasteiger charge is -2.27. The summed E-state index contributed by atoms with van der Waals surface area (Å²) >= 11 is 5.93. The fourth-order valence-corrected chi connectivity index (χ4v) is 3.94.